The van der Waals surface area contributed by atoms with Crippen LogP contribution >= 0.6 is 0 Å². The van der Waals surface area contributed by atoms with Gasteiger partial charge in [0.1, 0.15) is 34.4 Å². The summed E-state index contributed by atoms with van der Waals surface area (Å²) in [5.74, 6) is 0. The molecular formula is C60H34N4O2. The highest BCUT2D eigenvalue weighted by Gasteiger charge is 2.27. The number of nitrogens with zero attached hydrogens (tertiary/aromatic N) is 4. The van der Waals surface area contributed by atoms with Gasteiger partial charge in [-0.15, -0.1) is 0 Å². The zero-order valence-electron chi connectivity index (χ0n) is 35.2. The molecule has 66 heavy (non-hydrogen) atoms. The van der Waals surface area contributed by atoms with Crippen LogP contribution in [0.25, 0.3) is 120 Å². The Bertz CT molecular complexity index is 4140. The zero-order chi connectivity index (χ0) is 43.9. The highest BCUT2D eigenvalue weighted by molar-refractivity contribution is 6.28. The maximum absolute atomic E-state index is 12.0. The van der Waals surface area contributed by atoms with Crippen LogP contribution < -0.4 is 0 Å². The van der Waals surface area contributed by atoms with Crippen molar-refractivity contribution in [2.75, 3.05) is 0 Å². The van der Waals surface area contributed by atoms with Crippen molar-refractivity contribution < 1.29 is 8.83 Å². The Balaban J connectivity index is 1.44. The molecule has 0 saturated carbocycles. The van der Waals surface area contributed by atoms with E-state index in [1.54, 1.807) is 0 Å². The van der Waals surface area contributed by atoms with Gasteiger partial charge in [-0.3, -0.25) is 0 Å². The normalized spacial score (nSPS) is 11.6. The smallest absolute Gasteiger partial charge is 0.191 e. The van der Waals surface area contributed by atoms with E-state index in [0.29, 0.717) is 22.2 Å². The van der Waals surface area contributed by atoms with Crippen LogP contribution in [0.3, 0.4) is 0 Å². The second-order valence-electron chi connectivity index (χ2n) is 16.6. The second-order valence-corrected chi connectivity index (χ2v) is 16.6. The molecule has 11 aromatic carbocycles. The van der Waals surface area contributed by atoms with E-state index >= 15 is 0 Å². The first-order chi connectivity index (χ1) is 32.7. The highest BCUT2D eigenvalue weighted by Crippen LogP contribution is 2.44. The first kappa shape index (κ1) is 37.2. The van der Waals surface area contributed by atoms with Gasteiger partial charge < -0.3 is 18.0 Å². The van der Waals surface area contributed by atoms with E-state index in [-0.39, 0.29) is 22.3 Å². The van der Waals surface area contributed by atoms with Gasteiger partial charge in [-0.05, 0) is 91.6 Å². The van der Waals surface area contributed by atoms with E-state index < -0.39 is 0 Å². The predicted molar refractivity (Wildman–Crippen MR) is 269 cm³/mol. The Morgan fingerprint density at radius 2 is 0.636 bits per heavy atom. The number of benzene rings is 11. The minimum Gasteiger partial charge on any atom is -0.451 e. The maximum atomic E-state index is 12.0. The van der Waals surface area contributed by atoms with Crippen LogP contribution in [0.4, 0.5) is 0 Å². The molecule has 0 fully saturated rings. The molecule has 0 atom stereocenters. The van der Waals surface area contributed by atoms with Crippen molar-refractivity contribution in [3.8, 4) is 23.5 Å². The lowest BCUT2D eigenvalue weighted by atomic mass is 9.96. The van der Waals surface area contributed by atoms with E-state index in [1.165, 1.54) is 0 Å². The second kappa shape index (κ2) is 14.6. The molecule has 0 bridgehead atoms. The van der Waals surface area contributed by atoms with Crippen molar-refractivity contribution in [3.63, 3.8) is 0 Å². The van der Waals surface area contributed by atoms with E-state index in [2.05, 4.69) is 118 Å². The van der Waals surface area contributed by atoms with Gasteiger partial charge in [0.2, 0.25) is 0 Å². The largest absolute Gasteiger partial charge is 0.451 e. The molecule has 0 saturated heterocycles. The van der Waals surface area contributed by atoms with Crippen LogP contribution in [0.15, 0.2) is 215 Å². The first-order valence-corrected chi connectivity index (χ1v) is 21.9. The average molecular weight is 843 g/mol. The summed E-state index contributed by atoms with van der Waals surface area (Å²) in [5.41, 5.74) is 6.00. The third kappa shape index (κ3) is 5.40. The number of aromatic nitrogens is 2. The third-order valence-electron chi connectivity index (χ3n) is 13.1. The van der Waals surface area contributed by atoms with Crippen LogP contribution in [-0.4, -0.2) is 9.13 Å². The Hall–Kier alpha value is -9.36. The van der Waals surface area contributed by atoms with E-state index in [4.69, 9.17) is 8.83 Å². The summed E-state index contributed by atoms with van der Waals surface area (Å²) < 4.78 is 18.8. The molecule has 2 heterocycles. The number of para-hydroxylation sites is 2. The summed E-state index contributed by atoms with van der Waals surface area (Å²) in [7, 11) is 0. The summed E-state index contributed by atoms with van der Waals surface area (Å²) in [5, 5.41) is 35.8. The van der Waals surface area contributed by atoms with Crippen LogP contribution in [0.5, 0.6) is 0 Å². The molecule has 6 nitrogen and oxygen atoms in total. The lowest BCUT2D eigenvalue weighted by molar-refractivity contribution is 0.618. The van der Waals surface area contributed by atoms with Gasteiger partial charge in [-0.25, -0.2) is 0 Å². The van der Waals surface area contributed by atoms with E-state index in [0.717, 1.165) is 87.0 Å². The van der Waals surface area contributed by atoms with Crippen LogP contribution in [0, 0.1) is 22.7 Å². The number of fused-ring (bicyclic) bond motifs is 16. The number of hydrogen-bond acceptors (Lipinski definition) is 4. The van der Waals surface area contributed by atoms with Crippen molar-refractivity contribution in [2.24, 2.45) is 0 Å². The van der Waals surface area contributed by atoms with Crippen LogP contribution in [0.2, 0.25) is 0 Å². The van der Waals surface area contributed by atoms with E-state index in [1.807, 2.05) is 109 Å². The van der Waals surface area contributed by atoms with Gasteiger partial charge in [-0.2, -0.15) is 10.5 Å². The standard InChI is InChI=1S/C60H34N4O2/c61-35-47-57-58(48(36-62)60-59(47)65-51-33-29-39-17-9-13-25-45(39)55(51)56-46-26-14-10-18-40(46)30-34-52(56)66-60)64(42-21-5-2-6-22-42)50-32-28-38-16-8-12-24-44(38)54(50)53-43-23-11-7-15-37(43)27-31-49(53)63(57)41-19-3-1-4-20-41/h1-34H. The van der Waals surface area contributed by atoms with Gasteiger partial charge >= 0.3 is 0 Å². The van der Waals surface area contributed by atoms with Crippen molar-refractivity contribution in [1.29, 1.82) is 10.5 Å². The molecule has 0 unspecified atom stereocenters. The summed E-state index contributed by atoms with van der Waals surface area (Å²) in [6.07, 6.45) is 0. The number of hydrogen-bond donors (Lipinski definition) is 0. The van der Waals surface area contributed by atoms with Gasteiger partial charge in [0.25, 0.3) is 0 Å². The minimum atomic E-state index is 0.152. The molecular weight excluding hydrogens is 809 g/mol. The Morgan fingerprint density at radius 3 is 1.00 bits per heavy atom. The molecule has 0 aliphatic heterocycles. The minimum absolute atomic E-state index is 0.152. The van der Waals surface area contributed by atoms with Gasteiger partial charge in [0, 0.05) is 32.9 Å². The predicted octanol–water partition coefficient (Wildman–Crippen LogP) is 16.0. The van der Waals surface area contributed by atoms with Gasteiger partial charge in [0.15, 0.2) is 11.2 Å². The molecule has 2 aromatic heterocycles. The summed E-state index contributed by atoms with van der Waals surface area (Å²) in [4.78, 5) is 0. The average Bonchev–Trinajstić information content (AvgIpc) is 3.37. The number of rotatable bonds is 2. The summed E-state index contributed by atoms with van der Waals surface area (Å²) in [6.45, 7) is 0. The summed E-state index contributed by atoms with van der Waals surface area (Å²) in [6, 6.07) is 75.4. The monoisotopic (exact) mass is 842 g/mol. The fraction of sp³-hybridized carbons (Fsp3) is 0. The SMILES string of the molecule is N#Cc1c2oc3ccc4ccccc4c3c3c(ccc4ccccc43)oc2c(C#N)c2c1n(-c1ccccc1)c1ccc3ccccc3c1c1c3ccccc3ccc1n2-c1ccccc1. The lowest BCUT2D eigenvalue weighted by Gasteiger charge is -2.23. The van der Waals surface area contributed by atoms with Crippen molar-refractivity contribution in [2.45, 2.75) is 0 Å². The molecule has 13 rings (SSSR count). The summed E-state index contributed by atoms with van der Waals surface area (Å²) >= 11 is 0. The topological polar surface area (TPSA) is 83.7 Å². The molecule has 0 aliphatic carbocycles. The third-order valence-corrected chi connectivity index (χ3v) is 13.1. The van der Waals surface area contributed by atoms with Crippen molar-refractivity contribution in [3.05, 3.63) is 217 Å². The maximum Gasteiger partial charge on any atom is 0.191 e. The molecule has 13 aromatic rings. The molecule has 0 aliphatic rings. The van der Waals surface area contributed by atoms with Crippen LogP contribution in [0.1, 0.15) is 11.1 Å². The molecule has 306 valence electrons. The molecule has 6 heteroatoms. The Labute approximate surface area is 376 Å². The first-order valence-electron chi connectivity index (χ1n) is 21.9. The quantitative estimate of drug-likeness (QED) is 0.173. The molecule has 0 amide bonds. The zero-order valence-corrected chi connectivity index (χ0v) is 35.2. The van der Waals surface area contributed by atoms with Crippen molar-refractivity contribution in [1.82, 2.24) is 9.13 Å². The fourth-order valence-electron chi connectivity index (χ4n) is 10.3. The van der Waals surface area contributed by atoms with E-state index in [9.17, 15) is 10.5 Å². The van der Waals surface area contributed by atoms with Gasteiger partial charge in [0.05, 0.1) is 22.1 Å². The van der Waals surface area contributed by atoms with Crippen LogP contribution in [-0.2, 0) is 0 Å². The Morgan fingerprint density at radius 1 is 0.318 bits per heavy atom. The molecule has 0 spiro atoms. The number of nitriles is 2. The lowest BCUT2D eigenvalue weighted by Crippen LogP contribution is -2.09. The fourth-order valence-corrected chi connectivity index (χ4v) is 10.3. The Kier molecular flexibility index (Phi) is 8.24. The van der Waals surface area contributed by atoms with Gasteiger partial charge in [-0.1, -0.05) is 158 Å². The molecule has 0 radical (unpaired) electrons. The highest BCUT2D eigenvalue weighted by atomic mass is 16.4. The molecule has 0 N–H and O–H groups in total. The van der Waals surface area contributed by atoms with Crippen molar-refractivity contribution >= 4 is 109 Å².